The van der Waals surface area contributed by atoms with E-state index in [0.29, 0.717) is 33.0 Å². The average Bonchev–Trinajstić information content (AvgIpc) is 2.42. The minimum absolute atomic E-state index is 0.140. The quantitative estimate of drug-likeness (QED) is 0.818. The third kappa shape index (κ3) is 3.54. The van der Waals surface area contributed by atoms with Gasteiger partial charge in [-0.1, -0.05) is 34.8 Å². The van der Waals surface area contributed by atoms with Crippen LogP contribution in [0, 0.1) is 0 Å². The maximum atomic E-state index is 10.7. The Morgan fingerprint density at radius 3 is 2.45 bits per heavy atom. The lowest BCUT2D eigenvalue weighted by molar-refractivity contribution is 0.0696. The Hall–Kier alpha value is -1.49. The molecule has 0 fully saturated rings. The summed E-state index contributed by atoms with van der Waals surface area (Å²) in [4.78, 5) is 14.7. The Morgan fingerprint density at radius 1 is 1.15 bits per heavy atom. The standard InChI is InChI=1S/C13H9Cl3N2O2/c14-9-3-11(16)12(4-10(9)15)18-6-8-2-1-7(5-17-8)13(19)20/h1-5,18H,6H2,(H,19,20). The Morgan fingerprint density at radius 2 is 1.85 bits per heavy atom. The van der Waals surface area contributed by atoms with Crippen LogP contribution < -0.4 is 5.32 Å². The van der Waals surface area contributed by atoms with E-state index in [9.17, 15) is 4.79 Å². The van der Waals surface area contributed by atoms with Crippen molar-refractivity contribution in [3.63, 3.8) is 0 Å². The van der Waals surface area contributed by atoms with Crippen molar-refractivity contribution in [3.05, 3.63) is 56.8 Å². The van der Waals surface area contributed by atoms with Gasteiger partial charge in [-0.15, -0.1) is 0 Å². The highest BCUT2D eigenvalue weighted by atomic mass is 35.5. The second-order valence-electron chi connectivity index (χ2n) is 3.94. The molecule has 2 aromatic rings. The number of rotatable bonds is 4. The van der Waals surface area contributed by atoms with Crippen molar-refractivity contribution in [1.82, 2.24) is 4.98 Å². The number of carbonyl (C=O) groups is 1. The molecule has 0 saturated carbocycles. The zero-order chi connectivity index (χ0) is 14.7. The van der Waals surface area contributed by atoms with Crippen LogP contribution in [0.1, 0.15) is 16.1 Å². The minimum atomic E-state index is -1.01. The molecule has 0 amide bonds. The van der Waals surface area contributed by atoms with E-state index in [1.165, 1.54) is 12.3 Å². The molecule has 0 spiro atoms. The molecule has 1 heterocycles. The van der Waals surface area contributed by atoms with Gasteiger partial charge in [0.2, 0.25) is 0 Å². The maximum absolute atomic E-state index is 10.7. The van der Waals surface area contributed by atoms with Crippen molar-refractivity contribution in [2.45, 2.75) is 6.54 Å². The number of hydrogen-bond acceptors (Lipinski definition) is 3. The molecule has 0 unspecified atom stereocenters. The summed E-state index contributed by atoms with van der Waals surface area (Å²) < 4.78 is 0. The first kappa shape index (κ1) is 14.9. The van der Waals surface area contributed by atoms with Crippen molar-refractivity contribution < 1.29 is 9.90 Å². The first-order chi connectivity index (χ1) is 9.47. The van der Waals surface area contributed by atoms with E-state index >= 15 is 0 Å². The third-order valence-corrected chi connectivity index (χ3v) is 3.58. The van der Waals surface area contributed by atoms with Crippen LogP contribution in [0.3, 0.4) is 0 Å². The summed E-state index contributed by atoms with van der Waals surface area (Å²) in [7, 11) is 0. The van der Waals surface area contributed by atoms with Crippen molar-refractivity contribution in [2.75, 3.05) is 5.32 Å². The molecule has 0 atom stereocenters. The number of pyridine rings is 1. The first-order valence-electron chi connectivity index (χ1n) is 5.54. The van der Waals surface area contributed by atoms with Crippen molar-refractivity contribution in [1.29, 1.82) is 0 Å². The fraction of sp³-hybridized carbons (Fsp3) is 0.0769. The van der Waals surface area contributed by atoms with Gasteiger partial charge in [-0.05, 0) is 24.3 Å². The molecule has 2 rings (SSSR count). The molecule has 0 aliphatic carbocycles. The van der Waals surface area contributed by atoms with E-state index in [0.717, 1.165) is 0 Å². The lowest BCUT2D eigenvalue weighted by atomic mass is 10.2. The summed E-state index contributed by atoms with van der Waals surface area (Å²) in [5, 5.41) is 13.1. The summed E-state index contributed by atoms with van der Waals surface area (Å²) in [5.41, 5.74) is 1.45. The molecule has 104 valence electrons. The number of carboxylic acid groups (broad SMARTS) is 1. The monoisotopic (exact) mass is 330 g/mol. The molecule has 7 heteroatoms. The van der Waals surface area contributed by atoms with Crippen LogP contribution in [0.15, 0.2) is 30.5 Å². The van der Waals surface area contributed by atoms with Crippen LogP contribution in [0.2, 0.25) is 15.1 Å². The zero-order valence-electron chi connectivity index (χ0n) is 10.0. The van der Waals surface area contributed by atoms with E-state index in [-0.39, 0.29) is 5.56 Å². The number of aromatic nitrogens is 1. The Bertz CT molecular complexity index is 645. The number of anilines is 1. The lowest BCUT2D eigenvalue weighted by Gasteiger charge is -2.09. The molecule has 2 N–H and O–H groups in total. The van der Waals surface area contributed by atoms with E-state index in [2.05, 4.69) is 10.3 Å². The van der Waals surface area contributed by atoms with Gasteiger partial charge in [0.1, 0.15) is 0 Å². The van der Waals surface area contributed by atoms with E-state index in [1.54, 1.807) is 18.2 Å². The van der Waals surface area contributed by atoms with Crippen LogP contribution in [0.5, 0.6) is 0 Å². The van der Waals surface area contributed by atoms with E-state index in [4.69, 9.17) is 39.9 Å². The Balaban J connectivity index is 2.09. The summed E-state index contributed by atoms with van der Waals surface area (Å²) >= 11 is 17.8. The molecular formula is C13H9Cl3N2O2. The van der Waals surface area contributed by atoms with Gasteiger partial charge in [0.25, 0.3) is 0 Å². The first-order valence-corrected chi connectivity index (χ1v) is 6.67. The summed E-state index contributed by atoms with van der Waals surface area (Å²) in [6.07, 6.45) is 1.30. The minimum Gasteiger partial charge on any atom is -0.478 e. The largest absolute Gasteiger partial charge is 0.478 e. The van der Waals surface area contributed by atoms with Crippen LogP contribution in [0.4, 0.5) is 5.69 Å². The predicted octanol–water partition coefficient (Wildman–Crippen LogP) is 4.35. The molecule has 0 bridgehead atoms. The van der Waals surface area contributed by atoms with Crippen molar-refractivity contribution in [2.24, 2.45) is 0 Å². The predicted molar refractivity (Wildman–Crippen MR) is 80.0 cm³/mol. The second kappa shape index (κ2) is 6.31. The molecule has 0 saturated heterocycles. The lowest BCUT2D eigenvalue weighted by Crippen LogP contribution is -2.04. The van der Waals surface area contributed by atoms with Crippen LogP contribution in [-0.2, 0) is 6.54 Å². The number of carboxylic acids is 1. The Kier molecular flexibility index (Phi) is 4.70. The van der Waals surface area contributed by atoms with Gasteiger partial charge in [-0.2, -0.15) is 0 Å². The summed E-state index contributed by atoms with van der Waals surface area (Å²) in [6, 6.07) is 6.29. The SMILES string of the molecule is O=C(O)c1ccc(CNc2cc(Cl)c(Cl)cc2Cl)nc1. The highest BCUT2D eigenvalue weighted by molar-refractivity contribution is 6.44. The molecular weight excluding hydrogens is 323 g/mol. The van der Waals surface area contributed by atoms with Gasteiger partial charge in [0, 0.05) is 6.20 Å². The number of nitrogens with zero attached hydrogens (tertiary/aromatic N) is 1. The molecule has 1 aromatic heterocycles. The fourth-order valence-electron chi connectivity index (χ4n) is 1.50. The summed E-state index contributed by atoms with van der Waals surface area (Å²) in [6.45, 7) is 0.386. The van der Waals surface area contributed by atoms with Gasteiger partial charge in [0.05, 0.1) is 38.6 Å². The number of benzene rings is 1. The van der Waals surface area contributed by atoms with Crippen LogP contribution >= 0.6 is 34.8 Å². The molecule has 4 nitrogen and oxygen atoms in total. The number of nitrogens with one attached hydrogen (secondary N) is 1. The highest BCUT2D eigenvalue weighted by Gasteiger charge is 2.07. The average molecular weight is 332 g/mol. The molecule has 0 aliphatic heterocycles. The van der Waals surface area contributed by atoms with Gasteiger partial charge >= 0.3 is 5.97 Å². The van der Waals surface area contributed by atoms with Crippen LogP contribution in [0.25, 0.3) is 0 Å². The highest BCUT2D eigenvalue weighted by Crippen LogP contribution is 2.32. The Labute approximate surface area is 130 Å². The fourth-order valence-corrected chi connectivity index (χ4v) is 2.11. The maximum Gasteiger partial charge on any atom is 0.337 e. The van der Waals surface area contributed by atoms with Gasteiger partial charge in [-0.25, -0.2) is 4.79 Å². The van der Waals surface area contributed by atoms with Gasteiger partial charge in [0.15, 0.2) is 0 Å². The van der Waals surface area contributed by atoms with E-state index < -0.39 is 5.97 Å². The number of halogens is 3. The van der Waals surface area contributed by atoms with Crippen molar-refractivity contribution >= 4 is 46.5 Å². The van der Waals surface area contributed by atoms with Gasteiger partial charge < -0.3 is 10.4 Å². The molecule has 0 radical (unpaired) electrons. The normalized spacial score (nSPS) is 10.3. The van der Waals surface area contributed by atoms with E-state index in [1.807, 2.05) is 0 Å². The smallest absolute Gasteiger partial charge is 0.337 e. The topological polar surface area (TPSA) is 62.2 Å². The third-order valence-electron chi connectivity index (χ3n) is 2.54. The number of aromatic carboxylic acids is 1. The molecule has 20 heavy (non-hydrogen) atoms. The van der Waals surface area contributed by atoms with Crippen LogP contribution in [-0.4, -0.2) is 16.1 Å². The van der Waals surface area contributed by atoms with Gasteiger partial charge in [-0.3, -0.25) is 4.98 Å². The number of hydrogen-bond donors (Lipinski definition) is 2. The zero-order valence-corrected chi connectivity index (χ0v) is 12.3. The second-order valence-corrected chi connectivity index (χ2v) is 5.16. The molecule has 0 aliphatic rings. The van der Waals surface area contributed by atoms with Crippen molar-refractivity contribution in [3.8, 4) is 0 Å². The molecule has 1 aromatic carbocycles. The summed E-state index contributed by atoms with van der Waals surface area (Å²) in [5.74, 6) is -1.01.